The number of nitrogens with zero attached hydrogens (tertiary/aromatic N) is 2. The fourth-order valence-electron chi connectivity index (χ4n) is 1.72. The third-order valence-electron chi connectivity index (χ3n) is 2.71. The number of hydrogen-bond donors (Lipinski definition) is 0. The Hall–Kier alpha value is -1.73. The maximum Gasteiger partial charge on any atom is 0.269 e. The molecule has 0 radical (unpaired) electrons. The van der Waals surface area contributed by atoms with E-state index in [9.17, 15) is 14.9 Å². The van der Waals surface area contributed by atoms with Gasteiger partial charge in [0.2, 0.25) is 0 Å². The summed E-state index contributed by atoms with van der Waals surface area (Å²) in [6.07, 6.45) is 0. The van der Waals surface area contributed by atoms with Gasteiger partial charge in [0.25, 0.3) is 11.6 Å². The van der Waals surface area contributed by atoms with Gasteiger partial charge in [-0.3, -0.25) is 14.9 Å². The van der Waals surface area contributed by atoms with Crippen molar-refractivity contribution in [1.29, 1.82) is 0 Å². The van der Waals surface area contributed by atoms with Crippen LogP contribution in [0.4, 0.5) is 5.69 Å². The monoisotopic (exact) mass is 354 g/mol. The van der Waals surface area contributed by atoms with Crippen LogP contribution >= 0.6 is 27.3 Å². The highest BCUT2D eigenvalue weighted by Crippen LogP contribution is 2.22. The van der Waals surface area contributed by atoms with Crippen molar-refractivity contribution in [2.45, 2.75) is 6.54 Å². The first-order valence-corrected chi connectivity index (χ1v) is 7.37. The van der Waals surface area contributed by atoms with Crippen LogP contribution in [0, 0.1) is 10.1 Å². The summed E-state index contributed by atoms with van der Waals surface area (Å²) in [4.78, 5) is 23.8. The number of non-ortho nitro benzene ring substituents is 1. The zero-order valence-corrected chi connectivity index (χ0v) is 13.0. The van der Waals surface area contributed by atoms with Gasteiger partial charge < -0.3 is 4.90 Å². The van der Waals surface area contributed by atoms with Crippen LogP contribution in [0.3, 0.4) is 0 Å². The Balaban J connectivity index is 2.08. The number of carbonyl (C=O) groups excluding carboxylic acids is 1. The normalized spacial score (nSPS) is 10.3. The van der Waals surface area contributed by atoms with E-state index in [1.807, 2.05) is 11.4 Å². The van der Waals surface area contributed by atoms with E-state index < -0.39 is 4.92 Å². The molecule has 0 bridgehead atoms. The molecular formula is C13H11BrN2O3S. The van der Waals surface area contributed by atoms with Crippen molar-refractivity contribution in [1.82, 2.24) is 4.90 Å². The molecule has 0 spiro atoms. The molecule has 0 fully saturated rings. The van der Waals surface area contributed by atoms with Crippen LogP contribution in [-0.2, 0) is 6.54 Å². The van der Waals surface area contributed by atoms with Gasteiger partial charge in [-0.15, -0.1) is 11.3 Å². The van der Waals surface area contributed by atoms with Crippen LogP contribution in [0.15, 0.2) is 39.5 Å². The average molecular weight is 355 g/mol. The molecule has 1 aromatic carbocycles. The van der Waals surface area contributed by atoms with Crippen LogP contribution in [0.1, 0.15) is 15.9 Å². The molecule has 5 nitrogen and oxygen atoms in total. The molecular weight excluding hydrogens is 344 g/mol. The van der Waals surface area contributed by atoms with Gasteiger partial charge in [-0.1, -0.05) is 0 Å². The molecule has 20 heavy (non-hydrogen) atoms. The average Bonchev–Trinajstić information content (AvgIpc) is 2.83. The lowest BCUT2D eigenvalue weighted by atomic mass is 10.2. The van der Waals surface area contributed by atoms with Gasteiger partial charge in [0.15, 0.2) is 0 Å². The molecule has 1 heterocycles. The maximum atomic E-state index is 12.2. The molecule has 2 rings (SSSR count). The Morgan fingerprint density at radius 1 is 1.40 bits per heavy atom. The number of nitro groups is 1. The summed E-state index contributed by atoms with van der Waals surface area (Å²) in [6.45, 7) is 0.498. The predicted molar refractivity (Wildman–Crippen MR) is 80.9 cm³/mol. The molecule has 0 N–H and O–H groups in total. The highest BCUT2D eigenvalue weighted by atomic mass is 79.9. The van der Waals surface area contributed by atoms with Crippen LogP contribution in [0.5, 0.6) is 0 Å². The minimum absolute atomic E-state index is 0.0223. The van der Waals surface area contributed by atoms with Gasteiger partial charge in [-0.2, -0.15) is 0 Å². The van der Waals surface area contributed by atoms with Crippen molar-refractivity contribution in [3.8, 4) is 0 Å². The number of halogens is 1. The van der Waals surface area contributed by atoms with Gasteiger partial charge in [-0.05, 0) is 45.1 Å². The van der Waals surface area contributed by atoms with Crippen molar-refractivity contribution in [3.63, 3.8) is 0 Å². The lowest BCUT2D eigenvalue weighted by Gasteiger charge is -2.16. The first kappa shape index (κ1) is 14.7. The highest BCUT2D eigenvalue weighted by Gasteiger charge is 2.14. The Labute approximate surface area is 128 Å². The van der Waals surface area contributed by atoms with E-state index in [0.29, 0.717) is 12.1 Å². The third kappa shape index (κ3) is 3.43. The molecule has 1 aromatic heterocycles. The Morgan fingerprint density at radius 2 is 2.05 bits per heavy atom. The molecule has 0 saturated heterocycles. The summed E-state index contributed by atoms with van der Waals surface area (Å²) in [5, 5.41) is 12.5. The smallest absolute Gasteiger partial charge is 0.269 e. The third-order valence-corrected chi connectivity index (χ3v) is 4.27. The van der Waals surface area contributed by atoms with Crippen molar-refractivity contribution < 1.29 is 9.72 Å². The van der Waals surface area contributed by atoms with Crippen LogP contribution in [0.25, 0.3) is 0 Å². The molecule has 0 atom stereocenters. The van der Waals surface area contributed by atoms with E-state index in [-0.39, 0.29) is 11.6 Å². The van der Waals surface area contributed by atoms with Crippen molar-refractivity contribution >= 4 is 38.9 Å². The fourth-order valence-corrected chi connectivity index (χ4v) is 2.92. The molecule has 7 heteroatoms. The fraction of sp³-hybridized carbons (Fsp3) is 0.154. The zero-order chi connectivity index (χ0) is 14.7. The zero-order valence-electron chi connectivity index (χ0n) is 10.6. The van der Waals surface area contributed by atoms with E-state index in [2.05, 4.69) is 15.9 Å². The van der Waals surface area contributed by atoms with Crippen LogP contribution in [-0.4, -0.2) is 22.8 Å². The van der Waals surface area contributed by atoms with Gasteiger partial charge in [0.1, 0.15) is 0 Å². The predicted octanol–water partition coefficient (Wildman–Crippen LogP) is 3.69. The number of rotatable bonds is 4. The van der Waals surface area contributed by atoms with Gasteiger partial charge in [0, 0.05) is 31.3 Å². The van der Waals surface area contributed by atoms with Crippen molar-refractivity contribution in [2.75, 3.05) is 7.05 Å². The van der Waals surface area contributed by atoms with E-state index in [1.165, 1.54) is 24.3 Å². The van der Waals surface area contributed by atoms with Crippen molar-refractivity contribution in [2.24, 2.45) is 0 Å². The molecule has 0 saturated carbocycles. The molecule has 0 aliphatic heterocycles. The van der Waals surface area contributed by atoms with Crippen LogP contribution < -0.4 is 0 Å². The minimum Gasteiger partial charge on any atom is -0.337 e. The second-order valence-electron chi connectivity index (χ2n) is 4.22. The first-order valence-electron chi connectivity index (χ1n) is 5.70. The van der Waals surface area contributed by atoms with Gasteiger partial charge >= 0.3 is 0 Å². The van der Waals surface area contributed by atoms with Crippen LogP contribution in [0.2, 0.25) is 0 Å². The number of hydrogen-bond acceptors (Lipinski definition) is 4. The number of amides is 1. The summed E-state index contributed by atoms with van der Waals surface area (Å²) in [5.74, 6) is -0.165. The maximum absolute atomic E-state index is 12.2. The topological polar surface area (TPSA) is 63.5 Å². The summed E-state index contributed by atoms with van der Waals surface area (Å²) >= 11 is 4.94. The Morgan fingerprint density at radius 3 is 2.55 bits per heavy atom. The number of thiophene rings is 1. The standard InChI is InChI=1S/C13H11BrN2O3S/c1-15(7-9-6-12(14)20-8-9)13(17)10-2-4-11(5-3-10)16(18)19/h2-6,8H,7H2,1H3. The molecule has 2 aromatic rings. The number of benzene rings is 1. The lowest BCUT2D eigenvalue weighted by molar-refractivity contribution is -0.384. The van der Waals surface area contributed by atoms with Gasteiger partial charge in [-0.25, -0.2) is 0 Å². The summed E-state index contributed by atoms with van der Waals surface area (Å²) in [7, 11) is 1.70. The Bertz CT molecular complexity index is 639. The second kappa shape index (κ2) is 6.15. The molecule has 1 amide bonds. The SMILES string of the molecule is CN(Cc1csc(Br)c1)C(=O)c1ccc([N+](=O)[O-])cc1. The quantitative estimate of drug-likeness (QED) is 0.621. The summed E-state index contributed by atoms with van der Waals surface area (Å²) in [6, 6.07) is 7.58. The highest BCUT2D eigenvalue weighted by molar-refractivity contribution is 9.11. The largest absolute Gasteiger partial charge is 0.337 e. The summed E-state index contributed by atoms with van der Waals surface area (Å²) < 4.78 is 1.02. The minimum atomic E-state index is -0.485. The van der Waals surface area contributed by atoms with E-state index in [1.54, 1.807) is 23.3 Å². The molecule has 0 aliphatic rings. The van der Waals surface area contributed by atoms with E-state index >= 15 is 0 Å². The van der Waals surface area contributed by atoms with Crippen molar-refractivity contribution in [3.05, 3.63) is 60.7 Å². The number of carbonyl (C=O) groups is 1. The second-order valence-corrected chi connectivity index (χ2v) is 6.51. The molecule has 0 aliphatic carbocycles. The molecule has 0 unspecified atom stereocenters. The van der Waals surface area contributed by atoms with E-state index in [4.69, 9.17) is 0 Å². The van der Waals surface area contributed by atoms with E-state index in [0.717, 1.165) is 9.35 Å². The first-order chi connectivity index (χ1) is 9.47. The summed E-state index contributed by atoms with van der Waals surface area (Å²) in [5.41, 5.74) is 1.46. The molecule has 104 valence electrons. The number of nitro benzene ring substituents is 1. The van der Waals surface area contributed by atoms with Gasteiger partial charge in [0.05, 0.1) is 8.71 Å². The Kier molecular flexibility index (Phi) is 4.51. The lowest BCUT2D eigenvalue weighted by Crippen LogP contribution is -2.25.